The molecule has 158 valence electrons. The van der Waals surface area contributed by atoms with Gasteiger partial charge >= 0.3 is 6.18 Å². The van der Waals surface area contributed by atoms with E-state index < -0.39 is 30.9 Å². The molecule has 0 aromatic carbocycles. The number of nitrogens with zero attached hydrogens (tertiary/aromatic N) is 5. The zero-order valence-corrected chi connectivity index (χ0v) is 16.0. The lowest BCUT2D eigenvalue weighted by Crippen LogP contribution is -2.30. The quantitative estimate of drug-likeness (QED) is 0.553. The van der Waals surface area contributed by atoms with Crippen molar-refractivity contribution in [2.75, 3.05) is 17.2 Å². The molecular formula is C19H20F3N7O. The normalized spacial score (nSPS) is 15.5. The fraction of sp³-hybridized carbons (Fsp3) is 0.316. The van der Waals surface area contributed by atoms with Gasteiger partial charge in [-0.3, -0.25) is 4.98 Å². The summed E-state index contributed by atoms with van der Waals surface area (Å²) in [6, 6.07) is 6.61. The van der Waals surface area contributed by atoms with E-state index in [-0.39, 0.29) is 23.4 Å². The Kier molecular flexibility index (Phi) is 4.78. The summed E-state index contributed by atoms with van der Waals surface area (Å²) in [4.78, 5) is 20.0. The molecule has 3 heterocycles. The Labute approximate surface area is 174 Å². The van der Waals surface area contributed by atoms with Crippen LogP contribution >= 0.6 is 0 Å². The van der Waals surface area contributed by atoms with Crippen molar-refractivity contribution in [3.8, 4) is 11.5 Å². The molecule has 0 spiro atoms. The van der Waals surface area contributed by atoms with Crippen molar-refractivity contribution in [3.05, 3.63) is 47.9 Å². The first-order valence-corrected chi connectivity index (χ1v) is 8.71. The van der Waals surface area contributed by atoms with Crippen molar-refractivity contribution in [2.24, 2.45) is 0 Å². The van der Waals surface area contributed by atoms with Crippen LogP contribution in [-0.4, -0.2) is 42.2 Å². The highest BCUT2D eigenvalue weighted by atomic mass is 19.4. The average Bonchev–Trinajstić information content (AvgIpc) is 2.71. The van der Waals surface area contributed by atoms with Crippen molar-refractivity contribution < 1.29 is 22.4 Å². The number of aryl methyl sites for hydroxylation is 1. The number of hydrogen-bond acceptors (Lipinski definition) is 8. The van der Waals surface area contributed by atoms with Gasteiger partial charge in [0, 0.05) is 28.2 Å². The van der Waals surface area contributed by atoms with E-state index in [1.165, 1.54) is 12.1 Å². The maximum absolute atomic E-state index is 13.1. The minimum atomic E-state index is -4.67. The maximum atomic E-state index is 13.1. The standard InChI is InChI=1S/C19H20F3N7O/c1-11-9-12(7-8-23-11)25-17-28-15(27-16(29-17)24-10-18(2,3)30)13-5-4-6-14(26-13)19(20,21)22/h4-9,30H,10H2,1-3H3,(H2,23,24,25,27,28,29)/i2D3. The van der Waals surface area contributed by atoms with Crippen LogP contribution in [0, 0.1) is 6.92 Å². The molecule has 0 saturated heterocycles. The third-order valence-electron chi connectivity index (χ3n) is 3.65. The molecule has 0 fully saturated rings. The van der Waals surface area contributed by atoms with Crippen LogP contribution in [0.15, 0.2) is 36.5 Å². The fourth-order valence-corrected chi connectivity index (χ4v) is 2.35. The van der Waals surface area contributed by atoms with E-state index in [4.69, 9.17) is 4.11 Å². The summed E-state index contributed by atoms with van der Waals surface area (Å²) in [5, 5.41) is 15.7. The van der Waals surface area contributed by atoms with Crippen molar-refractivity contribution in [1.82, 2.24) is 24.9 Å². The van der Waals surface area contributed by atoms with Gasteiger partial charge in [-0.2, -0.15) is 28.1 Å². The van der Waals surface area contributed by atoms with E-state index in [1.54, 1.807) is 25.3 Å². The summed E-state index contributed by atoms with van der Waals surface area (Å²) < 4.78 is 61.6. The molecule has 0 radical (unpaired) electrons. The zero-order chi connectivity index (χ0) is 24.4. The van der Waals surface area contributed by atoms with Crippen LogP contribution in [0.1, 0.15) is 29.3 Å². The minimum Gasteiger partial charge on any atom is -0.389 e. The molecule has 1 atom stereocenters. The highest BCUT2D eigenvalue weighted by Crippen LogP contribution is 2.29. The van der Waals surface area contributed by atoms with Gasteiger partial charge in [-0.05, 0) is 45.0 Å². The Hall–Kier alpha value is -3.34. The Balaban J connectivity index is 2.01. The number of rotatable bonds is 6. The Morgan fingerprint density at radius 1 is 1.10 bits per heavy atom. The molecule has 0 saturated carbocycles. The SMILES string of the molecule is [2H]C([2H])([2H])C(C)(O)CNc1nc(Nc2ccnc(C)c2)nc(-c2cccc(C(F)(F)F)n2)n1. The lowest BCUT2D eigenvalue weighted by Gasteiger charge is -2.18. The Bertz CT molecular complexity index is 1140. The first-order valence-electron chi connectivity index (χ1n) is 10.2. The smallest absolute Gasteiger partial charge is 0.389 e. The topological polar surface area (TPSA) is 109 Å². The van der Waals surface area contributed by atoms with Gasteiger partial charge in [0.05, 0.1) is 5.60 Å². The summed E-state index contributed by atoms with van der Waals surface area (Å²) in [5.41, 5.74) is -2.17. The fourth-order valence-electron chi connectivity index (χ4n) is 2.35. The van der Waals surface area contributed by atoms with Crippen LogP contribution < -0.4 is 10.6 Å². The molecule has 8 nitrogen and oxygen atoms in total. The molecule has 30 heavy (non-hydrogen) atoms. The highest BCUT2D eigenvalue weighted by Gasteiger charge is 2.32. The number of aliphatic hydroxyl groups is 1. The van der Waals surface area contributed by atoms with E-state index in [2.05, 4.69) is 35.6 Å². The summed E-state index contributed by atoms with van der Waals surface area (Å²) in [6.07, 6.45) is -3.13. The molecule has 3 aromatic rings. The lowest BCUT2D eigenvalue weighted by molar-refractivity contribution is -0.141. The number of halogens is 3. The van der Waals surface area contributed by atoms with Gasteiger partial charge in [0.2, 0.25) is 11.9 Å². The molecule has 3 aromatic heterocycles. The van der Waals surface area contributed by atoms with Gasteiger partial charge in [0.1, 0.15) is 11.4 Å². The minimum absolute atomic E-state index is 0.0409. The number of nitrogens with one attached hydrogen (secondary N) is 2. The summed E-state index contributed by atoms with van der Waals surface area (Å²) in [7, 11) is 0. The van der Waals surface area contributed by atoms with Gasteiger partial charge in [0.15, 0.2) is 5.82 Å². The number of anilines is 3. The van der Waals surface area contributed by atoms with Crippen LogP contribution in [0.25, 0.3) is 11.5 Å². The first-order chi connectivity index (χ1) is 15.2. The summed E-state index contributed by atoms with van der Waals surface area (Å²) >= 11 is 0. The first kappa shape index (κ1) is 17.5. The molecule has 0 bridgehead atoms. The molecule has 0 aliphatic rings. The van der Waals surface area contributed by atoms with Gasteiger partial charge in [0.25, 0.3) is 0 Å². The second kappa shape index (κ2) is 8.19. The van der Waals surface area contributed by atoms with Crippen molar-refractivity contribution in [3.63, 3.8) is 0 Å². The third-order valence-corrected chi connectivity index (χ3v) is 3.65. The van der Waals surface area contributed by atoms with E-state index in [9.17, 15) is 18.3 Å². The molecule has 3 rings (SSSR count). The largest absolute Gasteiger partial charge is 0.433 e. The van der Waals surface area contributed by atoms with Gasteiger partial charge < -0.3 is 15.7 Å². The monoisotopic (exact) mass is 422 g/mol. The summed E-state index contributed by atoms with van der Waals surface area (Å²) in [5.74, 6) is -0.404. The second-order valence-corrected chi connectivity index (χ2v) is 6.65. The van der Waals surface area contributed by atoms with Crippen molar-refractivity contribution in [1.29, 1.82) is 0 Å². The van der Waals surface area contributed by atoms with Gasteiger partial charge in [-0.15, -0.1) is 0 Å². The molecule has 0 aliphatic heterocycles. The van der Waals surface area contributed by atoms with Crippen molar-refractivity contribution in [2.45, 2.75) is 32.5 Å². The number of hydrogen-bond donors (Lipinski definition) is 3. The van der Waals surface area contributed by atoms with Gasteiger partial charge in [-0.25, -0.2) is 4.98 Å². The molecule has 3 N–H and O–H groups in total. The van der Waals surface area contributed by atoms with Gasteiger partial charge in [-0.1, -0.05) is 6.07 Å². The predicted octanol–water partition coefficient (Wildman–Crippen LogP) is 3.58. The van der Waals surface area contributed by atoms with Crippen LogP contribution in [0.5, 0.6) is 0 Å². The van der Waals surface area contributed by atoms with Crippen LogP contribution in [0.2, 0.25) is 0 Å². The number of aromatic nitrogens is 5. The molecular weight excluding hydrogens is 399 g/mol. The Morgan fingerprint density at radius 3 is 2.57 bits per heavy atom. The molecule has 1 unspecified atom stereocenters. The average molecular weight is 422 g/mol. The third kappa shape index (κ3) is 5.83. The Morgan fingerprint density at radius 2 is 1.87 bits per heavy atom. The maximum Gasteiger partial charge on any atom is 0.433 e. The predicted molar refractivity (Wildman–Crippen MR) is 105 cm³/mol. The van der Waals surface area contributed by atoms with E-state index in [1.807, 2.05) is 0 Å². The zero-order valence-electron chi connectivity index (χ0n) is 19.0. The van der Waals surface area contributed by atoms with Crippen LogP contribution in [-0.2, 0) is 6.18 Å². The molecule has 0 aliphatic carbocycles. The molecule has 11 heteroatoms. The van der Waals surface area contributed by atoms with Crippen LogP contribution in [0.3, 0.4) is 0 Å². The number of pyridine rings is 2. The summed E-state index contributed by atoms with van der Waals surface area (Å²) in [6.45, 7) is -0.284. The lowest BCUT2D eigenvalue weighted by atomic mass is 10.1. The second-order valence-electron chi connectivity index (χ2n) is 6.65. The number of alkyl halides is 3. The molecule has 0 amide bonds. The van der Waals surface area contributed by atoms with E-state index in [0.717, 1.165) is 13.0 Å². The van der Waals surface area contributed by atoms with Crippen molar-refractivity contribution >= 4 is 17.6 Å². The van der Waals surface area contributed by atoms with E-state index in [0.29, 0.717) is 11.4 Å². The highest BCUT2D eigenvalue weighted by molar-refractivity contribution is 5.59. The van der Waals surface area contributed by atoms with Crippen LogP contribution in [0.4, 0.5) is 30.8 Å². The van der Waals surface area contributed by atoms with E-state index >= 15 is 0 Å².